The Labute approximate surface area is 92.2 Å². The first-order valence-corrected chi connectivity index (χ1v) is 5.33. The highest BCUT2D eigenvalue weighted by molar-refractivity contribution is 9.10. The van der Waals surface area contributed by atoms with Gasteiger partial charge in [-0.05, 0) is 30.7 Å². The number of nitrogens with two attached hydrogens (primary N) is 2. The van der Waals surface area contributed by atoms with Gasteiger partial charge in [-0.3, -0.25) is 0 Å². The van der Waals surface area contributed by atoms with Crippen LogP contribution in [0.3, 0.4) is 0 Å². The molecule has 0 spiro atoms. The van der Waals surface area contributed by atoms with E-state index < -0.39 is 6.10 Å². The van der Waals surface area contributed by atoms with Gasteiger partial charge in [-0.2, -0.15) is 0 Å². The molecule has 1 aromatic rings. The van der Waals surface area contributed by atoms with Gasteiger partial charge in [0.05, 0.1) is 6.10 Å². The first kappa shape index (κ1) is 11.7. The van der Waals surface area contributed by atoms with Gasteiger partial charge >= 0.3 is 0 Å². The monoisotopic (exact) mass is 258 g/mol. The number of hydrogen-bond acceptors (Lipinski definition) is 3. The lowest BCUT2D eigenvalue weighted by molar-refractivity contribution is 0.143. The fourth-order valence-electron chi connectivity index (χ4n) is 1.29. The van der Waals surface area contributed by atoms with Crippen LogP contribution in [0.4, 0.5) is 0 Å². The van der Waals surface area contributed by atoms with Crippen molar-refractivity contribution in [3.63, 3.8) is 0 Å². The van der Waals surface area contributed by atoms with E-state index in [1.165, 1.54) is 0 Å². The van der Waals surface area contributed by atoms with Crippen molar-refractivity contribution in [1.82, 2.24) is 0 Å². The summed E-state index contributed by atoms with van der Waals surface area (Å²) in [6, 6.07) is 7.20. The summed E-state index contributed by atoms with van der Waals surface area (Å²) in [4.78, 5) is 0. The molecule has 1 rings (SSSR count). The van der Waals surface area contributed by atoms with Gasteiger partial charge in [0.2, 0.25) is 0 Å². The Bertz CT molecular complexity index is 293. The standard InChI is InChI=1S/C10H15BrN2O/c11-8-3-1-2-7(6-8)10(14)9(13)4-5-12/h1-3,6,9-10,14H,4-5,12-13H2. The quantitative estimate of drug-likeness (QED) is 0.759. The van der Waals surface area contributed by atoms with Crippen LogP contribution in [0.1, 0.15) is 18.1 Å². The van der Waals surface area contributed by atoms with Crippen molar-refractivity contribution in [2.75, 3.05) is 6.54 Å². The van der Waals surface area contributed by atoms with Crippen molar-refractivity contribution in [3.05, 3.63) is 34.3 Å². The summed E-state index contributed by atoms with van der Waals surface area (Å²) in [7, 11) is 0. The summed E-state index contributed by atoms with van der Waals surface area (Å²) in [5.74, 6) is 0. The van der Waals surface area contributed by atoms with Crippen LogP contribution in [-0.4, -0.2) is 17.7 Å². The summed E-state index contributed by atoms with van der Waals surface area (Å²) >= 11 is 3.34. The lowest BCUT2D eigenvalue weighted by atomic mass is 10.0. The number of halogens is 1. The van der Waals surface area contributed by atoms with Gasteiger partial charge in [0.1, 0.15) is 0 Å². The minimum Gasteiger partial charge on any atom is -0.387 e. The van der Waals surface area contributed by atoms with Crippen molar-refractivity contribution < 1.29 is 5.11 Å². The third-order valence-electron chi connectivity index (χ3n) is 2.10. The minimum absolute atomic E-state index is 0.297. The molecular formula is C10H15BrN2O. The van der Waals surface area contributed by atoms with E-state index in [0.29, 0.717) is 13.0 Å². The molecule has 5 N–H and O–H groups in total. The Balaban J connectivity index is 2.73. The number of hydrogen-bond donors (Lipinski definition) is 3. The molecule has 0 saturated heterocycles. The molecule has 0 saturated carbocycles. The molecule has 0 aliphatic heterocycles. The summed E-state index contributed by atoms with van der Waals surface area (Å²) < 4.78 is 0.939. The number of rotatable bonds is 4. The van der Waals surface area contributed by atoms with E-state index >= 15 is 0 Å². The van der Waals surface area contributed by atoms with E-state index in [1.807, 2.05) is 24.3 Å². The maximum Gasteiger partial charge on any atom is 0.0941 e. The molecule has 0 fully saturated rings. The highest BCUT2D eigenvalue weighted by Gasteiger charge is 2.15. The second-order valence-electron chi connectivity index (χ2n) is 3.24. The van der Waals surface area contributed by atoms with Crippen molar-refractivity contribution >= 4 is 15.9 Å². The van der Waals surface area contributed by atoms with Crippen LogP contribution in [0, 0.1) is 0 Å². The maximum atomic E-state index is 9.84. The molecule has 0 aliphatic carbocycles. The summed E-state index contributed by atoms with van der Waals surface area (Å²) in [5.41, 5.74) is 12.0. The van der Waals surface area contributed by atoms with E-state index in [2.05, 4.69) is 15.9 Å². The SMILES string of the molecule is NCCC(N)C(O)c1cccc(Br)c1. The molecular weight excluding hydrogens is 244 g/mol. The lowest BCUT2D eigenvalue weighted by Crippen LogP contribution is -2.30. The van der Waals surface area contributed by atoms with Crippen molar-refractivity contribution in [2.45, 2.75) is 18.6 Å². The zero-order valence-corrected chi connectivity index (χ0v) is 9.44. The van der Waals surface area contributed by atoms with E-state index in [4.69, 9.17) is 11.5 Å². The molecule has 0 bridgehead atoms. The Kier molecular flexibility index (Phi) is 4.54. The third-order valence-corrected chi connectivity index (χ3v) is 2.59. The second kappa shape index (κ2) is 5.46. The number of aliphatic hydroxyl groups excluding tert-OH is 1. The molecule has 14 heavy (non-hydrogen) atoms. The molecule has 3 nitrogen and oxygen atoms in total. The fourth-order valence-corrected chi connectivity index (χ4v) is 1.71. The molecule has 0 amide bonds. The van der Waals surface area contributed by atoms with Crippen LogP contribution in [0.15, 0.2) is 28.7 Å². The van der Waals surface area contributed by atoms with Gasteiger partial charge in [-0.25, -0.2) is 0 Å². The summed E-state index contributed by atoms with van der Waals surface area (Å²) in [6.45, 7) is 0.492. The zero-order valence-electron chi connectivity index (χ0n) is 7.86. The first-order valence-electron chi connectivity index (χ1n) is 4.54. The lowest BCUT2D eigenvalue weighted by Gasteiger charge is -2.18. The van der Waals surface area contributed by atoms with E-state index in [1.54, 1.807) is 0 Å². The predicted octanol–water partition coefficient (Wildman–Crippen LogP) is 1.16. The Morgan fingerprint density at radius 3 is 2.71 bits per heavy atom. The van der Waals surface area contributed by atoms with Crippen molar-refractivity contribution in [2.24, 2.45) is 11.5 Å². The van der Waals surface area contributed by atoms with Gasteiger partial charge in [-0.15, -0.1) is 0 Å². The molecule has 1 aromatic carbocycles. The van der Waals surface area contributed by atoms with Gasteiger partial charge in [0.15, 0.2) is 0 Å². The highest BCUT2D eigenvalue weighted by Crippen LogP contribution is 2.20. The van der Waals surface area contributed by atoms with Gasteiger partial charge in [-0.1, -0.05) is 28.1 Å². The molecule has 0 radical (unpaired) electrons. The average Bonchev–Trinajstić information content (AvgIpc) is 2.17. The Hall–Kier alpha value is -0.420. The van der Waals surface area contributed by atoms with Gasteiger partial charge in [0, 0.05) is 10.5 Å². The van der Waals surface area contributed by atoms with Crippen LogP contribution >= 0.6 is 15.9 Å². The highest BCUT2D eigenvalue weighted by atomic mass is 79.9. The summed E-state index contributed by atoms with van der Waals surface area (Å²) in [5, 5.41) is 9.84. The molecule has 2 atom stereocenters. The predicted molar refractivity (Wildman–Crippen MR) is 60.7 cm³/mol. The second-order valence-corrected chi connectivity index (χ2v) is 4.16. The minimum atomic E-state index is -0.643. The third kappa shape index (κ3) is 3.06. The van der Waals surface area contributed by atoms with Crippen LogP contribution in [-0.2, 0) is 0 Å². The van der Waals surface area contributed by atoms with Crippen molar-refractivity contribution in [1.29, 1.82) is 0 Å². The zero-order chi connectivity index (χ0) is 10.6. The van der Waals surface area contributed by atoms with Crippen LogP contribution in [0.25, 0.3) is 0 Å². The van der Waals surface area contributed by atoms with Crippen LogP contribution in [0.5, 0.6) is 0 Å². The largest absolute Gasteiger partial charge is 0.387 e. The van der Waals surface area contributed by atoms with Gasteiger partial charge in [0.25, 0.3) is 0 Å². The summed E-state index contributed by atoms with van der Waals surface area (Å²) in [6.07, 6.45) is -0.0238. The Morgan fingerprint density at radius 2 is 2.14 bits per heavy atom. The van der Waals surface area contributed by atoms with E-state index in [-0.39, 0.29) is 6.04 Å². The topological polar surface area (TPSA) is 72.3 Å². The van der Waals surface area contributed by atoms with Crippen molar-refractivity contribution in [3.8, 4) is 0 Å². The number of benzene rings is 1. The normalized spacial score (nSPS) is 15.1. The average molecular weight is 259 g/mol. The number of aliphatic hydroxyl groups is 1. The molecule has 2 unspecified atom stereocenters. The van der Waals surface area contributed by atoms with Crippen LogP contribution < -0.4 is 11.5 Å². The van der Waals surface area contributed by atoms with Gasteiger partial charge < -0.3 is 16.6 Å². The smallest absolute Gasteiger partial charge is 0.0941 e. The van der Waals surface area contributed by atoms with E-state index in [0.717, 1.165) is 10.0 Å². The van der Waals surface area contributed by atoms with E-state index in [9.17, 15) is 5.11 Å². The molecule has 78 valence electrons. The maximum absolute atomic E-state index is 9.84. The fraction of sp³-hybridized carbons (Fsp3) is 0.400. The van der Waals surface area contributed by atoms with Crippen LogP contribution in [0.2, 0.25) is 0 Å². The molecule has 4 heteroatoms. The molecule has 0 heterocycles. The molecule has 0 aromatic heterocycles. The first-order chi connectivity index (χ1) is 6.65. The Morgan fingerprint density at radius 1 is 1.43 bits per heavy atom. The molecule has 0 aliphatic rings.